The van der Waals surface area contributed by atoms with E-state index in [-0.39, 0.29) is 12.2 Å². The lowest BCUT2D eigenvalue weighted by Gasteiger charge is -2.07. The first-order valence-corrected chi connectivity index (χ1v) is 6.22. The van der Waals surface area contributed by atoms with Crippen LogP contribution in [0.2, 0.25) is 0 Å². The van der Waals surface area contributed by atoms with Crippen LogP contribution >= 0.6 is 0 Å². The number of aliphatic carboxylic acids is 1. The lowest BCUT2D eigenvalue weighted by Crippen LogP contribution is -2.07. The molecule has 1 rings (SSSR count). The van der Waals surface area contributed by atoms with Crippen LogP contribution in [0.4, 0.5) is 0 Å². The van der Waals surface area contributed by atoms with Gasteiger partial charge in [-0.25, -0.2) is 9.59 Å². The van der Waals surface area contributed by atoms with Crippen LogP contribution in [0.25, 0.3) is 0 Å². The summed E-state index contributed by atoms with van der Waals surface area (Å²) >= 11 is 0. The maximum Gasteiger partial charge on any atom is 0.334 e. The van der Waals surface area contributed by atoms with E-state index in [4.69, 9.17) is 9.84 Å². The quantitative estimate of drug-likeness (QED) is 0.509. The Labute approximate surface area is 118 Å². The lowest BCUT2D eigenvalue weighted by atomic mass is 10.1. The van der Waals surface area contributed by atoms with Crippen molar-refractivity contribution in [3.05, 3.63) is 58.7 Å². The Kier molecular flexibility index (Phi) is 5.72. The van der Waals surface area contributed by atoms with Crippen molar-refractivity contribution in [2.75, 3.05) is 0 Å². The van der Waals surface area contributed by atoms with Crippen molar-refractivity contribution in [2.24, 2.45) is 0 Å². The second kappa shape index (κ2) is 7.28. The summed E-state index contributed by atoms with van der Waals surface area (Å²) in [5, 5.41) is 8.80. The monoisotopic (exact) mass is 274 g/mol. The van der Waals surface area contributed by atoms with E-state index < -0.39 is 11.9 Å². The summed E-state index contributed by atoms with van der Waals surface area (Å²) in [6.45, 7) is 4.99. The minimum absolute atomic E-state index is 0.178. The van der Waals surface area contributed by atoms with Gasteiger partial charge in [0.1, 0.15) is 6.61 Å². The van der Waals surface area contributed by atoms with Gasteiger partial charge in [0.05, 0.1) is 0 Å². The summed E-state index contributed by atoms with van der Waals surface area (Å²) in [7, 11) is 0. The molecule has 0 spiro atoms. The molecule has 0 unspecified atom stereocenters. The molecule has 0 radical (unpaired) electrons. The average Bonchev–Trinajstić information content (AvgIpc) is 2.44. The molecule has 0 amide bonds. The van der Waals surface area contributed by atoms with E-state index in [1.54, 1.807) is 13.8 Å². The van der Waals surface area contributed by atoms with Gasteiger partial charge in [-0.1, -0.05) is 30.3 Å². The molecule has 0 heterocycles. The van der Waals surface area contributed by atoms with E-state index in [2.05, 4.69) is 0 Å². The molecule has 1 aromatic rings. The molecule has 0 bridgehead atoms. The van der Waals surface area contributed by atoms with Gasteiger partial charge in [-0.15, -0.1) is 0 Å². The molecular weight excluding hydrogens is 256 g/mol. The van der Waals surface area contributed by atoms with Crippen LogP contribution in [0, 0.1) is 0 Å². The number of esters is 1. The number of hydrogen-bond acceptors (Lipinski definition) is 3. The Morgan fingerprint density at radius 3 is 2.30 bits per heavy atom. The normalized spacial score (nSPS) is 12.7. The third kappa shape index (κ3) is 4.72. The van der Waals surface area contributed by atoms with Crippen molar-refractivity contribution in [1.82, 2.24) is 0 Å². The highest BCUT2D eigenvalue weighted by molar-refractivity contribution is 5.91. The van der Waals surface area contributed by atoms with Gasteiger partial charge in [-0.2, -0.15) is 0 Å². The van der Waals surface area contributed by atoms with E-state index in [1.807, 2.05) is 30.3 Å². The number of rotatable bonds is 5. The minimum Gasteiger partial charge on any atom is -0.478 e. The third-order valence-corrected chi connectivity index (χ3v) is 2.88. The zero-order valence-corrected chi connectivity index (χ0v) is 11.8. The smallest absolute Gasteiger partial charge is 0.334 e. The van der Waals surface area contributed by atoms with Gasteiger partial charge in [0.2, 0.25) is 0 Å². The van der Waals surface area contributed by atoms with Gasteiger partial charge in [-0.3, -0.25) is 0 Å². The largest absolute Gasteiger partial charge is 0.478 e. The van der Waals surface area contributed by atoms with Gasteiger partial charge < -0.3 is 9.84 Å². The summed E-state index contributed by atoms with van der Waals surface area (Å²) < 4.78 is 5.18. The average molecular weight is 274 g/mol. The van der Waals surface area contributed by atoms with E-state index in [0.717, 1.165) is 5.56 Å². The second-order valence-corrected chi connectivity index (χ2v) is 4.50. The Morgan fingerprint density at radius 2 is 1.75 bits per heavy atom. The number of carbonyl (C=O) groups excluding carboxylic acids is 1. The molecule has 0 fully saturated rings. The van der Waals surface area contributed by atoms with Crippen LogP contribution in [0.1, 0.15) is 26.3 Å². The van der Waals surface area contributed by atoms with Gasteiger partial charge in [-0.05, 0) is 38.0 Å². The first-order chi connectivity index (χ1) is 9.41. The van der Waals surface area contributed by atoms with Gasteiger partial charge in [0.25, 0.3) is 0 Å². The lowest BCUT2D eigenvalue weighted by molar-refractivity contribution is -0.140. The molecule has 0 aliphatic rings. The van der Waals surface area contributed by atoms with Gasteiger partial charge >= 0.3 is 11.9 Å². The van der Waals surface area contributed by atoms with Crippen LogP contribution in [-0.4, -0.2) is 17.0 Å². The first kappa shape index (κ1) is 15.7. The molecule has 0 atom stereocenters. The maximum atomic E-state index is 11.9. The molecule has 106 valence electrons. The van der Waals surface area contributed by atoms with Crippen molar-refractivity contribution >= 4 is 11.9 Å². The number of allylic oxidation sites excluding steroid dienone is 2. The molecule has 0 aromatic heterocycles. The fraction of sp³-hybridized carbons (Fsp3) is 0.250. The molecule has 4 nitrogen and oxygen atoms in total. The van der Waals surface area contributed by atoms with Crippen LogP contribution < -0.4 is 0 Å². The van der Waals surface area contributed by atoms with Crippen LogP contribution in [0.3, 0.4) is 0 Å². The second-order valence-electron chi connectivity index (χ2n) is 4.50. The molecular formula is C16H18O4. The van der Waals surface area contributed by atoms with Crippen LogP contribution in [0.15, 0.2) is 53.1 Å². The highest BCUT2D eigenvalue weighted by Gasteiger charge is 2.10. The third-order valence-electron chi connectivity index (χ3n) is 2.88. The number of ether oxygens (including phenoxy) is 1. The van der Waals surface area contributed by atoms with Crippen molar-refractivity contribution < 1.29 is 19.4 Å². The highest BCUT2D eigenvalue weighted by atomic mass is 16.5. The summed E-state index contributed by atoms with van der Waals surface area (Å²) in [5.41, 5.74) is 2.07. The highest BCUT2D eigenvalue weighted by Crippen LogP contribution is 2.11. The van der Waals surface area contributed by atoms with Crippen molar-refractivity contribution in [3.63, 3.8) is 0 Å². The Balaban J connectivity index is 2.71. The molecule has 4 heteroatoms. The molecule has 1 aromatic carbocycles. The Morgan fingerprint density at radius 1 is 1.15 bits per heavy atom. The van der Waals surface area contributed by atoms with Gasteiger partial charge in [0, 0.05) is 11.1 Å². The van der Waals surface area contributed by atoms with E-state index >= 15 is 0 Å². The van der Waals surface area contributed by atoms with Crippen molar-refractivity contribution in [2.45, 2.75) is 27.4 Å². The first-order valence-electron chi connectivity index (χ1n) is 6.22. The van der Waals surface area contributed by atoms with Crippen LogP contribution in [-0.2, 0) is 20.9 Å². The maximum absolute atomic E-state index is 11.9. The van der Waals surface area contributed by atoms with Gasteiger partial charge in [0.15, 0.2) is 0 Å². The molecule has 0 aliphatic carbocycles. The SMILES string of the molecule is CC(=CC(C)=C(C)C(=O)OCc1ccccc1)C(=O)O. The number of benzene rings is 1. The summed E-state index contributed by atoms with van der Waals surface area (Å²) in [5.74, 6) is -1.45. The number of carboxylic acid groups (broad SMARTS) is 1. The van der Waals surface area contributed by atoms with Crippen molar-refractivity contribution in [3.8, 4) is 0 Å². The fourth-order valence-corrected chi connectivity index (χ4v) is 1.49. The van der Waals surface area contributed by atoms with Crippen LogP contribution in [0.5, 0.6) is 0 Å². The summed E-state index contributed by atoms with van der Waals surface area (Å²) in [6.07, 6.45) is 1.46. The molecule has 20 heavy (non-hydrogen) atoms. The standard InChI is InChI=1S/C16H18O4/c1-11(9-12(2)15(17)18)13(3)16(19)20-10-14-7-5-4-6-8-14/h4-9H,10H2,1-3H3,(H,17,18). The number of carbonyl (C=O) groups is 2. The van der Waals surface area contributed by atoms with Crippen molar-refractivity contribution in [1.29, 1.82) is 0 Å². The molecule has 0 saturated heterocycles. The van der Waals surface area contributed by atoms with E-state index in [1.165, 1.54) is 13.0 Å². The molecule has 0 aliphatic heterocycles. The Hall–Kier alpha value is -2.36. The minimum atomic E-state index is -1.00. The predicted molar refractivity (Wildman–Crippen MR) is 76.0 cm³/mol. The van der Waals surface area contributed by atoms with E-state index in [9.17, 15) is 9.59 Å². The molecule has 1 N–H and O–H groups in total. The number of carboxylic acids is 1. The number of hydrogen-bond donors (Lipinski definition) is 1. The van der Waals surface area contributed by atoms with E-state index in [0.29, 0.717) is 11.1 Å². The summed E-state index contributed by atoms with van der Waals surface area (Å²) in [6, 6.07) is 9.37. The zero-order chi connectivity index (χ0) is 15.1. The zero-order valence-electron chi connectivity index (χ0n) is 11.8. The Bertz CT molecular complexity index is 553. The predicted octanol–water partition coefficient (Wildman–Crippen LogP) is 3.10. The summed E-state index contributed by atoms with van der Waals surface area (Å²) in [4.78, 5) is 22.6. The molecule has 0 saturated carbocycles. The fourth-order valence-electron chi connectivity index (χ4n) is 1.49. The topological polar surface area (TPSA) is 63.6 Å².